The third kappa shape index (κ3) is 2.10. The van der Waals surface area contributed by atoms with Crippen molar-refractivity contribution in [2.75, 3.05) is 7.11 Å². The van der Waals surface area contributed by atoms with E-state index >= 15 is 0 Å². The Morgan fingerprint density at radius 3 is 2.79 bits per heavy atom. The molecule has 96 valence electrons. The lowest BCUT2D eigenvalue weighted by molar-refractivity contribution is 0.412. The molecule has 0 unspecified atom stereocenters. The molecule has 1 heterocycles. The maximum Gasteiger partial charge on any atom is 0.143 e. The maximum atomic E-state index is 13.4. The van der Waals surface area contributed by atoms with Gasteiger partial charge in [0.2, 0.25) is 0 Å². The van der Waals surface area contributed by atoms with Crippen molar-refractivity contribution >= 4 is 27.0 Å². The molecule has 0 atom stereocenters. The highest BCUT2D eigenvalue weighted by molar-refractivity contribution is 9.10. The summed E-state index contributed by atoms with van der Waals surface area (Å²) in [7, 11) is 1.51. The second-order valence-corrected chi connectivity index (χ2v) is 4.92. The second-order valence-electron chi connectivity index (χ2n) is 4.07. The van der Waals surface area contributed by atoms with E-state index in [0.29, 0.717) is 21.6 Å². The number of aromatic nitrogens is 2. The lowest BCUT2D eigenvalue weighted by atomic mass is 10.2. The van der Waals surface area contributed by atoms with Gasteiger partial charge in [-0.2, -0.15) is 0 Å². The summed E-state index contributed by atoms with van der Waals surface area (Å²) < 4.78 is 19.2. The van der Waals surface area contributed by atoms with Crippen LogP contribution in [-0.2, 0) is 0 Å². The van der Waals surface area contributed by atoms with Crippen LogP contribution in [0.5, 0.6) is 5.75 Å². The quantitative estimate of drug-likeness (QED) is 0.770. The molecule has 0 aliphatic heterocycles. The zero-order valence-electron chi connectivity index (χ0n) is 10.1. The van der Waals surface area contributed by atoms with Crippen molar-refractivity contribution in [3.8, 4) is 17.1 Å². The average Bonchev–Trinajstić information content (AvgIpc) is 2.80. The van der Waals surface area contributed by atoms with E-state index in [2.05, 4.69) is 25.9 Å². The number of H-pyrrole nitrogens is 1. The van der Waals surface area contributed by atoms with Gasteiger partial charge in [-0.1, -0.05) is 12.1 Å². The largest absolute Gasteiger partial charge is 0.496 e. The third-order valence-corrected chi connectivity index (χ3v) is 3.49. The highest BCUT2D eigenvalue weighted by atomic mass is 79.9. The van der Waals surface area contributed by atoms with Crippen LogP contribution in [0.4, 0.5) is 4.39 Å². The van der Waals surface area contributed by atoms with Gasteiger partial charge >= 0.3 is 0 Å². The molecule has 1 N–H and O–H groups in total. The number of imidazole rings is 1. The molecule has 3 rings (SSSR count). The Balaban J connectivity index is 2.26. The van der Waals surface area contributed by atoms with Crippen molar-refractivity contribution in [1.82, 2.24) is 9.97 Å². The number of para-hydroxylation sites is 2. The summed E-state index contributed by atoms with van der Waals surface area (Å²) in [5, 5.41) is 0. The number of nitrogens with zero attached hydrogens (tertiary/aromatic N) is 1. The fraction of sp³-hybridized carbons (Fsp3) is 0.0714. The number of ether oxygens (including phenoxy) is 1. The lowest BCUT2D eigenvalue weighted by Gasteiger charge is -2.08. The Bertz CT molecular complexity index is 721. The van der Waals surface area contributed by atoms with E-state index in [1.54, 1.807) is 0 Å². The summed E-state index contributed by atoms with van der Waals surface area (Å²) in [5.41, 5.74) is 2.49. The molecule has 3 aromatic rings. The molecule has 19 heavy (non-hydrogen) atoms. The molecule has 1 aromatic heterocycles. The summed E-state index contributed by atoms with van der Waals surface area (Å²) in [6.45, 7) is 0. The van der Waals surface area contributed by atoms with E-state index in [0.717, 1.165) is 11.0 Å². The summed E-state index contributed by atoms with van der Waals surface area (Å²) in [6, 6.07) is 10.4. The molecule has 0 aliphatic carbocycles. The monoisotopic (exact) mass is 320 g/mol. The standard InChI is InChI=1S/C14H10BrFN2O/c1-19-12-7-8(16)6-9(15)13(12)14-17-10-4-2-3-5-11(10)18-14/h2-7H,1H3,(H,17,18). The minimum Gasteiger partial charge on any atom is -0.496 e. The van der Waals surface area contributed by atoms with Gasteiger partial charge < -0.3 is 9.72 Å². The lowest BCUT2D eigenvalue weighted by Crippen LogP contribution is -1.92. The van der Waals surface area contributed by atoms with Crippen molar-refractivity contribution in [3.63, 3.8) is 0 Å². The first-order chi connectivity index (χ1) is 9.19. The molecular weight excluding hydrogens is 311 g/mol. The molecule has 0 aliphatic rings. The minimum absolute atomic E-state index is 0.358. The van der Waals surface area contributed by atoms with E-state index < -0.39 is 0 Å². The van der Waals surface area contributed by atoms with E-state index in [9.17, 15) is 4.39 Å². The first kappa shape index (κ1) is 12.2. The van der Waals surface area contributed by atoms with Gasteiger partial charge in [0.1, 0.15) is 17.4 Å². The van der Waals surface area contributed by atoms with Crippen LogP contribution in [0, 0.1) is 5.82 Å². The molecule has 0 radical (unpaired) electrons. The van der Waals surface area contributed by atoms with Crippen molar-refractivity contribution in [3.05, 3.63) is 46.7 Å². The fourth-order valence-corrected chi connectivity index (χ4v) is 2.61. The van der Waals surface area contributed by atoms with Gasteiger partial charge in [-0.3, -0.25) is 0 Å². The third-order valence-electron chi connectivity index (χ3n) is 2.86. The minimum atomic E-state index is -0.358. The smallest absolute Gasteiger partial charge is 0.143 e. The second kappa shape index (κ2) is 4.66. The summed E-state index contributed by atoms with van der Waals surface area (Å²) in [4.78, 5) is 7.70. The predicted molar refractivity (Wildman–Crippen MR) is 75.7 cm³/mol. The highest BCUT2D eigenvalue weighted by Gasteiger charge is 2.15. The van der Waals surface area contributed by atoms with Crippen LogP contribution in [-0.4, -0.2) is 17.1 Å². The van der Waals surface area contributed by atoms with Crippen LogP contribution >= 0.6 is 15.9 Å². The number of methoxy groups -OCH3 is 1. The van der Waals surface area contributed by atoms with Crippen LogP contribution in [0.25, 0.3) is 22.4 Å². The predicted octanol–water partition coefficient (Wildman–Crippen LogP) is 4.14. The van der Waals surface area contributed by atoms with Crippen molar-refractivity contribution in [1.29, 1.82) is 0 Å². The Morgan fingerprint density at radius 2 is 2.05 bits per heavy atom. The van der Waals surface area contributed by atoms with E-state index in [1.807, 2.05) is 24.3 Å². The topological polar surface area (TPSA) is 37.9 Å². The molecule has 0 bridgehead atoms. The number of fused-ring (bicyclic) bond motifs is 1. The van der Waals surface area contributed by atoms with Crippen LogP contribution < -0.4 is 4.74 Å². The molecule has 3 nitrogen and oxygen atoms in total. The first-order valence-electron chi connectivity index (χ1n) is 5.67. The Hall–Kier alpha value is -1.88. The molecule has 2 aromatic carbocycles. The van der Waals surface area contributed by atoms with Gasteiger partial charge in [-0.25, -0.2) is 9.37 Å². The normalized spacial score (nSPS) is 10.9. The summed E-state index contributed by atoms with van der Waals surface area (Å²) >= 11 is 3.35. The number of aromatic amines is 1. The zero-order chi connectivity index (χ0) is 13.4. The van der Waals surface area contributed by atoms with Gasteiger partial charge in [0.15, 0.2) is 0 Å². The first-order valence-corrected chi connectivity index (χ1v) is 6.46. The van der Waals surface area contributed by atoms with Crippen LogP contribution in [0.2, 0.25) is 0 Å². The number of nitrogens with one attached hydrogen (secondary N) is 1. The highest BCUT2D eigenvalue weighted by Crippen LogP contribution is 2.36. The van der Waals surface area contributed by atoms with Crippen LogP contribution in [0.3, 0.4) is 0 Å². The van der Waals surface area contributed by atoms with Crippen molar-refractivity contribution in [2.45, 2.75) is 0 Å². The number of rotatable bonds is 2. The maximum absolute atomic E-state index is 13.4. The molecule has 0 saturated carbocycles. The van der Waals surface area contributed by atoms with Gasteiger partial charge in [0.05, 0.1) is 23.7 Å². The molecule has 5 heteroatoms. The van der Waals surface area contributed by atoms with E-state index in [1.165, 1.54) is 19.2 Å². The summed E-state index contributed by atoms with van der Waals surface area (Å²) in [5.74, 6) is 0.722. The van der Waals surface area contributed by atoms with Crippen LogP contribution in [0.15, 0.2) is 40.9 Å². The van der Waals surface area contributed by atoms with Gasteiger partial charge in [0.25, 0.3) is 0 Å². The Kier molecular flexibility index (Phi) is 2.98. The molecular formula is C14H10BrFN2O. The summed E-state index contributed by atoms with van der Waals surface area (Å²) in [6.07, 6.45) is 0. The van der Waals surface area contributed by atoms with Gasteiger partial charge in [-0.15, -0.1) is 0 Å². The fourth-order valence-electron chi connectivity index (χ4n) is 2.01. The Morgan fingerprint density at radius 1 is 1.26 bits per heavy atom. The van der Waals surface area contributed by atoms with E-state index in [4.69, 9.17) is 4.74 Å². The molecule has 0 saturated heterocycles. The number of halogens is 2. The van der Waals surface area contributed by atoms with Crippen LogP contribution in [0.1, 0.15) is 0 Å². The van der Waals surface area contributed by atoms with Gasteiger partial charge in [-0.05, 0) is 34.1 Å². The Labute approximate surface area is 117 Å². The zero-order valence-corrected chi connectivity index (χ0v) is 11.7. The number of hydrogen-bond donors (Lipinski definition) is 1. The average molecular weight is 321 g/mol. The number of benzene rings is 2. The number of hydrogen-bond acceptors (Lipinski definition) is 2. The van der Waals surface area contributed by atoms with Crippen molar-refractivity contribution < 1.29 is 9.13 Å². The molecule has 0 amide bonds. The van der Waals surface area contributed by atoms with Gasteiger partial charge in [0, 0.05) is 10.5 Å². The SMILES string of the molecule is COc1cc(F)cc(Br)c1-c1nc2ccccc2[nH]1. The molecule has 0 spiro atoms. The van der Waals surface area contributed by atoms with Crippen molar-refractivity contribution in [2.24, 2.45) is 0 Å². The molecule has 0 fully saturated rings. The van der Waals surface area contributed by atoms with E-state index in [-0.39, 0.29) is 5.82 Å².